The molecule has 0 bridgehead atoms. The lowest BCUT2D eigenvalue weighted by Crippen LogP contribution is -2.21. The molecule has 0 unspecified atom stereocenters. The van der Waals surface area contributed by atoms with Gasteiger partial charge >= 0.3 is 0 Å². The number of carbonyl (C=O) groups is 1. The van der Waals surface area contributed by atoms with E-state index >= 15 is 0 Å². The Hall–Kier alpha value is -2.92. The molecule has 0 radical (unpaired) electrons. The van der Waals surface area contributed by atoms with E-state index in [9.17, 15) is 4.79 Å². The number of fused-ring (bicyclic) bond motifs is 3. The van der Waals surface area contributed by atoms with Crippen LogP contribution in [0.25, 0.3) is 21.7 Å². The van der Waals surface area contributed by atoms with Crippen LogP contribution in [0.1, 0.15) is 10.4 Å². The monoisotopic (exact) mass is 392 g/mol. The number of nitrogens with zero attached hydrogens (tertiary/aromatic N) is 1. The van der Waals surface area contributed by atoms with Gasteiger partial charge in [-0.2, -0.15) is 0 Å². The fourth-order valence-electron chi connectivity index (χ4n) is 2.77. The van der Waals surface area contributed by atoms with Crippen molar-refractivity contribution in [3.8, 4) is 0 Å². The Labute approximate surface area is 151 Å². The maximum Gasteiger partial charge on any atom is 0.254 e. The molecule has 0 aliphatic rings. The van der Waals surface area contributed by atoms with Gasteiger partial charge in [-0.1, -0.05) is 46.3 Å². The van der Waals surface area contributed by atoms with E-state index in [1.165, 1.54) is 0 Å². The lowest BCUT2D eigenvalue weighted by molar-refractivity contribution is 0.0996. The van der Waals surface area contributed by atoms with Crippen molar-refractivity contribution >= 4 is 49.3 Å². The normalized spacial score (nSPS) is 12.0. The number of hydrogen-bond donors (Lipinski definition) is 1. The zero-order valence-corrected chi connectivity index (χ0v) is 14.7. The zero-order valence-electron chi connectivity index (χ0n) is 13.1. The van der Waals surface area contributed by atoms with Crippen molar-refractivity contribution in [2.45, 2.75) is 0 Å². The number of halogens is 1. The summed E-state index contributed by atoms with van der Waals surface area (Å²) < 4.78 is 6.86. The molecular weight excluding hydrogens is 380 g/mol. The molecule has 3 aromatic carbocycles. The molecule has 4 aromatic rings. The number of benzene rings is 3. The molecule has 1 heterocycles. The third-order valence-corrected chi connectivity index (χ3v) is 4.51. The van der Waals surface area contributed by atoms with Gasteiger partial charge in [0.2, 0.25) is 5.55 Å². The van der Waals surface area contributed by atoms with E-state index in [1.807, 2.05) is 60.7 Å². The topological polar surface area (TPSA) is 68.6 Å². The highest BCUT2D eigenvalue weighted by Crippen LogP contribution is 2.25. The van der Waals surface area contributed by atoms with Crippen molar-refractivity contribution < 1.29 is 9.21 Å². The van der Waals surface area contributed by atoms with E-state index in [0.717, 1.165) is 20.6 Å². The second-order valence-corrected chi connectivity index (χ2v) is 6.53. The molecular formula is C20H13BrN2O2. The van der Waals surface area contributed by atoms with Gasteiger partial charge in [0.1, 0.15) is 11.1 Å². The SMILES string of the molecule is NC(=O)c1cc2c(ccc3ccccc32)oc1=Nc1ccc(Br)cc1. The van der Waals surface area contributed by atoms with Gasteiger partial charge in [0.25, 0.3) is 5.91 Å². The van der Waals surface area contributed by atoms with Gasteiger partial charge < -0.3 is 10.2 Å². The maximum absolute atomic E-state index is 11.9. The van der Waals surface area contributed by atoms with Crippen molar-refractivity contribution in [3.63, 3.8) is 0 Å². The molecule has 4 rings (SSSR count). The standard InChI is InChI=1S/C20H13BrN2O2/c21-13-6-8-14(9-7-13)23-20-17(19(22)24)11-16-15-4-2-1-3-12(15)5-10-18(16)25-20/h1-11H,(H2,22,24). The number of amides is 1. The quantitative estimate of drug-likeness (QED) is 0.503. The average Bonchev–Trinajstić information content (AvgIpc) is 2.62. The Morgan fingerprint density at radius 3 is 2.48 bits per heavy atom. The molecule has 5 heteroatoms. The number of rotatable bonds is 2. The first-order chi connectivity index (χ1) is 12.1. The summed E-state index contributed by atoms with van der Waals surface area (Å²) in [5, 5.41) is 2.90. The van der Waals surface area contributed by atoms with Gasteiger partial charge in [-0.15, -0.1) is 0 Å². The van der Waals surface area contributed by atoms with E-state index in [1.54, 1.807) is 6.07 Å². The van der Waals surface area contributed by atoms with Crippen LogP contribution in [0.15, 0.2) is 80.6 Å². The fraction of sp³-hybridized carbons (Fsp3) is 0. The molecule has 0 aliphatic heterocycles. The van der Waals surface area contributed by atoms with Crippen LogP contribution in [0.2, 0.25) is 0 Å². The van der Waals surface area contributed by atoms with Crippen LogP contribution in [0.4, 0.5) is 5.69 Å². The Morgan fingerprint density at radius 1 is 0.960 bits per heavy atom. The van der Waals surface area contributed by atoms with Gasteiger partial charge in [-0.25, -0.2) is 4.99 Å². The fourth-order valence-corrected chi connectivity index (χ4v) is 3.04. The van der Waals surface area contributed by atoms with E-state index < -0.39 is 5.91 Å². The summed E-state index contributed by atoms with van der Waals surface area (Å²) in [5.41, 5.74) is 7.35. The van der Waals surface area contributed by atoms with Gasteiger partial charge in [0.15, 0.2) is 0 Å². The largest absolute Gasteiger partial charge is 0.438 e. The second kappa shape index (κ2) is 6.18. The predicted octanol–water partition coefficient (Wildman–Crippen LogP) is 4.68. The van der Waals surface area contributed by atoms with Crippen LogP contribution in [0.5, 0.6) is 0 Å². The van der Waals surface area contributed by atoms with Crippen LogP contribution in [0, 0.1) is 0 Å². The van der Waals surface area contributed by atoms with Gasteiger partial charge in [-0.05, 0) is 47.2 Å². The predicted molar refractivity (Wildman–Crippen MR) is 102 cm³/mol. The second-order valence-electron chi connectivity index (χ2n) is 5.62. The number of primary amides is 1. The Morgan fingerprint density at radius 2 is 1.72 bits per heavy atom. The minimum atomic E-state index is -0.575. The summed E-state index contributed by atoms with van der Waals surface area (Å²) in [6.45, 7) is 0. The minimum Gasteiger partial charge on any atom is -0.438 e. The third-order valence-electron chi connectivity index (χ3n) is 3.98. The molecule has 1 aromatic heterocycles. The summed E-state index contributed by atoms with van der Waals surface area (Å²) in [7, 11) is 0. The Bertz CT molecular complexity index is 1180. The van der Waals surface area contributed by atoms with E-state index in [0.29, 0.717) is 11.3 Å². The number of hydrogen-bond acceptors (Lipinski definition) is 3. The van der Waals surface area contributed by atoms with Crippen LogP contribution in [0.3, 0.4) is 0 Å². The lowest BCUT2D eigenvalue weighted by Gasteiger charge is -2.05. The summed E-state index contributed by atoms with van der Waals surface area (Å²) in [5.74, 6) is -0.575. The van der Waals surface area contributed by atoms with Crippen molar-refractivity contribution in [1.82, 2.24) is 0 Å². The highest BCUT2D eigenvalue weighted by Gasteiger charge is 2.11. The summed E-state index contributed by atoms with van der Waals surface area (Å²) in [4.78, 5) is 16.4. The third kappa shape index (κ3) is 2.94. The van der Waals surface area contributed by atoms with Crippen LogP contribution in [-0.2, 0) is 0 Å². The maximum atomic E-state index is 11.9. The number of nitrogens with two attached hydrogens (primary N) is 1. The molecule has 0 saturated carbocycles. The van der Waals surface area contributed by atoms with Crippen LogP contribution < -0.4 is 11.3 Å². The summed E-state index contributed by atoms with van der Waals surface area (Å²) >= 11 is 3.38. The minimum absolute atomic E-state index is 0.206. The highest BCUT2D eigenvalue weighted by molar-refractivity contribution is 9.10. The van der Waals surface area contributed by atoms with E-state index in [-0.39, 0.29) is 11.1 Å². The Kier molecular flexibility index (Phi) is 3.86. The first-order valence-corrected chi connectivity index (χ1v) is 8.47. The van der Waals surface area contributed by atoms with E-state index in [2.05, 4.69) is 20.9 Å². The number of carbonyl (C=O) groups excluding carboxylic acids is 1. The molecule has 0 fully saturated rings. The average molecular weight is 393 g/mol. The molecule has 1 amide bonds. The van der Waals surface area contributed by atoms with E-state index in [4.69, 9.17) is 10.2 Å². The van der Waals surface area contributed by atoms with Crippen molar-refractivity contribution in [2.24, 2.45) is 10.7 Å². The van der Waals surface area contributed by atoms with Gasteiger partial charge in [0, 0.05) is 9.86 Å². The molecule has 0 aliphatic carbocycles. The van der Waals surface area contributed by atoms with Crippen molar-refractivity contribution in [2.75, 3.05) is 0 Å². The molecule has 0 spiro atoms. The molecule has 0 saturated heterocycles. The first-order valence-electron chi connectivity index (χ1n) is 7.67. The summed E-state index contributed by atoms with van der Waals surface area (Å²) in [6, 6.07) is 20.9. The molecule has 122 valence electrons. The molecule has 4 nitrogen and oxygen atoms in total. The zero-order chi connectivity index (χ0) is 17.4. The van der Waals surface area contributed by atoms with Crippen molar-refractivity contribution in [1.29, 1.82) is 0 Å². The smallest absolute Gasteiger partial charge is 0.254 e. The van der Waals surface area contributed by atoms with Gasteiger partial charge in [-0.3, -0.25) is 4.79 Å². The molecule has 0 atom stereocenters. The first kappa shape index (κ1) is 15.6. The molecule has 25 heavy (non-hydrogen) atoms. The highest BCUT2D eigenvalue weighted by atomic mass is 79.9. The van der Waals surface area contributed by atoms with Crippen LogP contribution in [-0.4, -0.2) is 5.91 Å². The van der Waals surface area contributed by atoms with Crippen molar-refractivity contribution in [3.05, 3.63) is 82.3 Å². The summed E-state index contributed by atoms with van der Waals surface area (Å²) in [6.07, 6.45) is 0. The molecule has 2 N–H and O–H groups in total. The Balaban J connectivity index is 2.04. The van der Waals surface area contributed by atoms with Gasteiger partial charge in [0.05, 0.1) is 5.69 Å². The van der Waals surface area contributed by atoms with Crippen LogP contribution >= 0.6 is 15.9 Å². The lowest BCUT2D eigenvalue weighted by atomic mass is 10.0.